The zero-order chi connectivity index (χ0) is 19.4. The quantitative estimate of drug-likeness (QED) is 0.584. The van der Waals surface area contributed by atoms with Gasteiger partial charge in [-0.15, -0.1) is 0 Å². The van der Waals surface area contributed by atoms with Crippen LogP contribution in [0.4, 0.5) is 11.4 Å². The van der Waals surface area contributed by atoms with E-state index in [1.54, 1.807) is 55.8 Å². The Balaban J connectivity index is 1.78. The van der Waals surface area contributed by atoms with E-state index >= 15 is 0 Å². The number of nitrogens with zero attached hydrogens (tertiary/aromatic N) is 3. The molecular formula is C19H14Br2N4O2. The summed E-state index contributed by atoms with van der Waals surface area (Å²) in [7, 11) is 1.67. The van der Waals surface area contributed by atoms with Gasteiger partial charge in [-0.2, -0.15) is 0 Å². The first-order valence-electron chi connectivity index (χ1n) is 7.84. The van der Waals surface area contributed by atoms with Crippen molar-refractivity contribution in [2.24, 2.45) is 0 Å². The van der Waals surface area contributed by atoms with E-state index in [4.69, 9.17) is 0 Å². The fourth-order valence-corrected chi connectivity index (χ4v) is 3.10. The molecule has 136 valence electrons. The molecule has 0 aliphatic heterocycles. The van der Waals surface area contributed by atoms with Crippen molar-refractivity contribution in [1.82, 2.24) is 9.97 Å². The van der Waals surface area contributed by atoms with Gasteiger partial charge in [0, 0.05) is 52.2 Å². The van der Waals surface area contributed by atoms with Gasteiger partial charge in [0.1, 0.15) is 0 Å². The average Bonchev–Trinajstić information content (AvgIpc) is 2.67. The summed E-state index contributed by atoms with van der Waals surface area (Å²) in [6, 6.07) is 10.4. The predicted molar refractivity (Wildman–Crippen MR) is 111 cm³/mol. The van der Waals surface area contributed by atoms with Crippen molar-refractivity contribution in [3.63, 3.8) is 0 Å². The minimum atomic E-state index is -0.286. The highest BCUT2D eigenvalue weighted by Gasteiger charge is 2.15. The van der Waals surface area contributed by atoms with Crippen molar-refractivity contribution in [2.75, 3.05) is 17.3 Å². The van der Waals surface area contributed by atoms with Crippen LogP contribution in [0, 0.1) is 0 Å². The van der Waals surface area contributed by atoms with Crippen LogP contribution in [0.3, 0.4) is 0 Å². The molecule has 0 aliphatic carbocycles. The van der Waals surface area contributed by atoms with Crippen molar-refractivity contribution >= 4 is 55.0 Å². The van der Waals surface area contributed by atoms with E-state index in [0.717, 1.165) is 8.95 Å². The minimum absolute atomic E-state index is 0.205. The maximum absolute atomic E-state index is 12.7. The fourth-order valence-electron chi connectivity index (χ4n) is 2.37. The van der Waals surface area contributed by atoms with Gasteiger partial charge in [0.15, 0.2) is 0 Å². The summed E-state index contributed by atoms with van der Waals surface area (Å²) in [5, 5.41) is 2.81. The summed E-state index contributed by atoms with van der Waals surface area (Å²) in [5.41, 5.74) is 2.11. The first kappa shape index (κ1) is 19.2. The monoisotopic (exact) mass is 488 g/mol. The molecule has 0 spiro atoms. The molecule has 0 unspecified atom stereocenters. The lowest BCUT2D eigenvalue weighted by atomic mass is 10.2. The second-order valence-electron chi connectivity index (χ2n) is 5.65. The molecule has 27 heavy (non-hydrogen) atoms. The number of benzene rings is 1. The van der Waals surface area contributed by atoms with Crippen LogP contribution < -0.4 is 10.2 Å². The summed E-state index contributed by atoms with van der Waals surface area (Å²) < 4.78 is 1.45. The zero-order valence-corrected chi connectivity index (χ0v) is 17.4. The molecule has 2 aromatic heterocycles. The lowest BCUT2D eigenvalue weighted by Crippen LogP contribution is -2.26. The number of hydrogen-bond donors (Lipinski definition) is 1. The van der Waals surface area contributed by atoms with Crippen LogP contribution >= 0.6 is 31.9 Å². The van der Waals surface area contributed by atoms with Crippen LogP contribution in [0.25, 0.3) is 0 Å². The van der Waals surface area contributed by atoms with E-state index in [9.17, 15) is 9.59 Å². The number of halogens is 2. The first-order valence-corrected chi connectivity index (χ1v) is 9.43. The molecule has 3 aromatic rings. The van der Waals surface area contributed by atoms with Gasteiger partial charge in [-0.25, -0.2) is 0 Å². The summed E-state index contributed by atoms with van der Waals surface area (Å²) in [5.74, 6) is -0.491. The Labute approximate surface area is 172 Å². The number of anilines is 2. The third kappa shape index (κ3) is 4.78. The lowest BCUT2D eigenvalue weighted by Gasteiger charge is -2.18. The molecule has 3 rings (SSSR count). The topological polar surface area (TPSA) is 75.2 Å². The molecule has 0 aliphatic rings. The third-order valence-electron chi connectivity index (χ3n) is 3.71. The summed E-state index contributed by atoms with van der Waals surface area (Å²) in [6.45, 7) is 0. The highest BCUT2D eigenvalue weighted by Crippen LogP contribution is 2.22. The molecule has 6 nitrogen and oxygen atoms in total. The number of carbonyl (C=O) groups is 2. The van der Waals surface area contributed by atoms with E-state index in [1.165, 1.54) is 17.3 Å². The van der Waals surface area contributed by atoms with Crippen molar-refractivity contribution in [3.05, 3.63) is 81.3 Å². The molecule has 0 atom stereocenters. The molecule has 0 saturated heterocycles. The first-order chi connectivity index (χ1) is 12.9. The highest BCUT2D eigenvalue weighted by molar-refractivity contribution is 9.10. The van der Waals surface area contributed by atoms with Gasteiger partial charge in [-0.3, -0.25) is 19.6 Å². The van der Waals surface area contributed by atoms with Crippen LogP contribution in [0.15, 0.2) is 70.1 Å². The Bertz CT molecular complexity index is 1010. The van der Waals surface area contributed by atoms with Crippen molar-refractivity contribution in [1.29, 1.82) is 0 Å². The largest absolute Gasteiger partial charge is 0.322 e. The number of nitrogens with one attached hydrogen (secondary N) is 1. The normalized spacial score (nSPS) is 10.3. The van der Waals surface area contributed by atoms with Crippen LogP contribution in [-0.4, -0.2) is 28.8 Å². The second-order valence-corrected chi connectivity index (χ2v) is 7.48. The predicted octanol–water partition coefficient (Wildman–Crippen LogP) is 4.53. The van der Waals surface area contributed by atoms with Gasteiger partial charge in [0.05, 0.1) is 11.1 Å². The Kier molecular flexibility index (Phi) is 5.98. The average molecular weight is 490 g/mol. The smallest absolute Gasteiger partial charge is 0.259 e. The molecule has 0 saturated carbocycles. The van der Waals surface area contributed by atoms with Crippen molar-refractivity contribution in [3.8, 4) is 0 Å². The van der Waals surface area contributed by atoms with E-state index in [-0.39, 0.29) is 11.8 Å². The number of pyridine rings is 2. The summed E-state index contributed by atoms with van der Waals surface area (Å²) >= 11 is 6.61. The molecule has 1 N–H and O–H groups in total. The standard InChI is InChI=1S/C19H14Br2N4O2/c1-25(19(27)13-6-15(21)11-23-9-13)17-4-2-3-16(7-17)24-18(26)12-5-14(20)10-22-8-12/h2-11H,1H3,(H,24,26). The highest BCUT2D eigenvalue weighted by atomic mass is 79.9. The molecule has 1 aromatic carbocycles. The molecule has 0 fully saturated rings. The Hall–Kier alpha value is -2.58. The van der Waals surface area contributed by atoms with Crippen LogP contribution in [0.5, 0.6) is 0 Å². The number of hydrogen-bond acceptors (Lipinski definition) is 4. The van der Waals surface area contributed by atoms with E-state index in [2.05, 4.69) is 47.1 Å². The van der Waals surface area contributed by atoms with E-state index < -0.39 is 0 Å². The number of carbonyl (C=O) groups excluding carboxylic acids is 2. The van der Waals surface area contributed by atoms with Crippen LogP contribution in [0.2, 0.25) is 0 Å². The van der Waals surface area contributed by atoms with Gasteiger partial charge >= 0.3 is 0 Å². The Morgan fingerprint density at radius 2 is 1.56 bits per heavy atom. The van der Waals surface area contributed by atoms with Crippen LogP contribution in [-0.2, 0) is 0 Å². The van der Waals surface area contributed by atoms with Gasteiger partial charge in [-0.05, 0) is 62.2 Å². The zero-order valence-electron chi connectivity index (χ0n) is 14.2. The number of rotatable bonds is 4. The SMILES string of the molecule is CN(C(=O)c1cncc(Br)c1)c1cccc(NC(=O)c2cncc(Br)c2)c1. The second kappa shape index (κ2) is 8.41. The van der Waals surface area contributed by atoms with Crippen molar-refractivity contribution < 1.29 is 9.59 Å². The van der Waals surface area contributed by atoms with E-state index in [1.807, 2.05) is 0 Å². The van der Waals surface area contributed by atoms with Gasteiger partial charge in [0.25, 0.3) is 11.8 Å². The number of aromatic nitrogens is 2. The maximum atomic E-state index is 12.7. The molecule has 2 amide bonds. The Morgan fingerprint density at radius 1 is 0.926 bits per heavy atom. The molecule has 0 bridgehead atoms. The minimum Gasteiger partial charge on any atom is -0.322 e. The number of amides is 2. The van der Waals surface area contributed by atoms with E-state index in [0.29, 0.717) is 22.5 Å². The molecule has 8 heteroatoms. The molecular weight excluding hydrogens is 476 g/mol. The third-order valence-corrected chi connectivity index (χ3v) is 4.58. The Morgan fingerprint density at radius 3 is 2.22 bits per heavy atom. The molecule has 2 heterocycles. The fraction of sp³-hybridized carbons (Fsp3) is 0.0526. The van der Waals surface area contributed by atoms with Crippen molar-refractivity contribution in [2.45, 2.75) is 0 Å². The summed E-state index contributed by atoms with van der Waals surface area (Å²) in [4.78, 5) is 34.5. The summed E-state index contributed by atoms with van der Waals surface area (Å²) in [6.07, 6.45) is 6.22. The van der Waals surface area contributed by atoms with Gasteiger partial charge in [0.2, 0.25) is 0 Å². The van der Waals surface area contributed by atoms with Crippen LogP contribution in [0.1, 0.15) is 20.7 Å². The molecule has 0 radical (unpaired) electrons. The van der Waals surface area contributed by atoms with Gasteiger partial charge < -0.3 is 10.2 Å². The lowest BCUT2D eigenvalue weighted by molar-refractivity contribution is 0.0991. The maximum Gasteiger partial charge on any atom is 0.259 e. The van der Waals surface area contributed by atoms with Gasteiger partial charge in [-0.1, -0.05) is 6.07 Å².